The first-order chi connectivity index (χ1) is 15.1. The number of carbonyl (C=O) groups is 2. The van der Waals surface area contributed by atoms with Gasteiger partial charge in [-0.25, -0.2) is 4.79 Å². The molecule has 2 atom stereocenters. The lowest BCUT2D eigenvalue weighted by Crippen LogP contribution is -2.46. The second-order valence-corrected chi connectivity index (χ2v) is 7.92. The molecule has 2 aromatic rings. The van der Waals surface area contributed by atoms with Crippen LogP contribution in [0.2, 0.25) is 0 Å². The summed E-state index contributed by atoms with van der Waals surface area (Å²) in [4.78, 5) is 24.0. The highest BCUT2D eigenvalue weighted by Crippen LogP contribution is 2.13. The average Bonchev–Trinajstić information content (AvgIpc) is 2.75. The Balaban J connectivity index is 1.98. The van der Waals surface area contributed by atoms with Gasteiger partial charge in [0.2, 0.25) is 0 Å². The fourth-order valence-electron chi connectivity index (χ4n) is 2.53. The molecule has 1 unspecified atom stereocenters. The second-order valence-electron chi connectivity index (χ2n) is 7.92. The van der Waals surface area contributed by atoms with Crippen LogP contribution >= 0.6 is 0 Å². The number of benzene rings is 2. The van der Waals surface area contributed by atoms with E-state index < -0.39 is 36.5 Å². The molecule has 8 nitrogen and oxygen atoms in total. The Morgan fingerprint density at radius 1 is 1.00 bits per heavy atom. The monoisotopic (exact) mass is 440 g/mol. The van der Waals surface area contributed by atoms with E-state index in [1.807, 2.05) is 0 Å². The predicted octanol–water partition coefficient (Wildman–Crippen LogP) is 2.49. The van der Waals surface area contributed by atoms with E-state index in [0.717, 1.165) is 5.56 Å². The van der Waals surface area contributed by atoms with Gasteiger partial charge in [0, 0.05) is 29.5 Å². The lowest BCUT2D eigenvalue weighted by molar-refractivity contribution is -0.103. The maximum atomic E-state index is 12.2. The Hall–Kier alpha value is -3.38. The maximum absolute atomic E-state index is 12.2. The highest BCUT2D eigenvalue weighted by atomic mass is 16.6. The number of anilines is 1. The highest BCUT2D eigenvalue weighted by molar-refractivity contribution is 5.94. The van der Waals surface area contributed by atoms with Gasteiger partial charge in [-0.3, -0.25) is 10.1 Å². The van der Waals surface area contributed by atoms with E-state index in [9.17, 15) is 19.8 Å². The zero-order chi connectivity index (χ0) is 23.7. The molecule has 2 aromatic carbocycles. The van der Waals surface area contributed by atoms with Crippen LogP contribution in [-0.4, -0.2) is 53.9 Å². The van der Waals surface area contributed by atoms with Gasteiger partial charge < -0.3 is 25.0 Å². The summed E-state index contributed by atoms with van der Waals surface area (Å²) >= 11 is 0. The first-order valence-electron chi connectivity index (χ1n) is 9.96. The van der Waals surface area contributed by atoms with Crippen molar-refractivity contribution in [1.82, 2.24) is 5.32 Å². The molecule has 0 aliphatic rings. The van der Waals surface area contributed by atoms with Crippen LogP contribution in [-0.2, 0) is 9.47 Å². The van der Waals surface area contributed by atoms with Crippen LogP contribution in [0.15, 0.2) is 48.5 Å². The van der Waals surface area contributed by atoms with E-state index in [1.54, 1.807) is 69.3 Å². The number of carbonyl (C=O) groups excluding carboxylic acids is 2. The number of aliphatic hydroxyl groups excluding tert-OH is 2. The Labute approximate surface area is 187 Å². The van der Waals surface area contributed by atoms with Crippen LogP contribution in [0.5, 0.6) is 0 Å². The average molecular weight is 440 g/mol. The molecule has 8 heteroatoms. The third-order valence-corrected chi connectivity index (χ3v) is 4.13. The second kappa shape index (κ2) is 11.3. The molecule has 4 N–H and O–H groups in total. The molecule has 0 heterocycles. The molecule has 0 aliphatic heterocycles. The van der Waals surface area contributed by atoms with Crippen LogP contribution < -0.4 is 10.6 Å². The number of amides is 2. The van der Waals surface area contributed by atoms with Crippen LogP contribution in [0.25, 0.3) is 0 Å². The van der Waals surface area contributed by atoms with Gasteiger partial charge in [0.1, 0.15) is 11.6 Å². The normalized spacial score (nSPS) is 12.7. The van der Waals surface area contributed by atoms with Gasteiger partial charge in [0.15, 0.2) is 6.29 Å². The minimum Gasteiger partial charge on any atom is -0.444 e. The molecule has 0 bridgehead atoms. The molecule has 0 saturated carbocycles. The number of hydrogen-bond acceptors (Lipinski definition) is 6. The molecule has 0 saturated heterocycles. The number of hydrogen-bond donors (Lipinski definition) is 4. The minimum absolute atomic E-state index is 0.356. The predicted molar refractivity (Wildman–Crippen MR) is 120 cm³/mol. The summed E-state index contributed by atoms with van der Waals surface area (Å²) in [5, 5.41) is 24.0. The molecule has 2 rings (SSSR count). The van der Waals surface area contributed by atoms with E-state index >= 15 is 0 Å². The Morgan fingerprint density at radius 3 is 2.00 bits per heavy atom. The van der Waals surface area contributed by atoms with E-state index in [1.165, 1.54) is 7.11 Å². The zero-order valence-corrected chi connectivity index (χ0v) is 18.5. The van der Waals surface area contributed by atoms with Crippen molar-refractivity contribution < 1.29 is 29.3 Å². The molecule has 0 fully saturated rings. The lowest BCUT2D eigenvalue weighted by atomic mass is 10.1. The van der Waals surface area contributed by atoms with Crippen molar-refractivity contribution in [2.45, 2.75) is 38.7 Å². The smallest absolute Gasteiger partial charge is 0.412 e. The van der Waals surface area contributed by atoms with Gasteiger partial charge in [-0.05, 0) is 69.3 Å². The fourth-order valence-corrected chi connectivity index (χ4v) is 2.53. The summed E-state index contributed by atoms with van der Waals surface area (Å²) < 4.78 is 9.93. The van der Waals surface area contributed by atoms with Crippen molar-refractivity contribution in [3.8, 4) is 11.8 Å². The maximum Gasteiger partial charge on any atom is 0.412 e. The van der Waals surface area contributed by atoms with E-state index in [-0.39, 0.29) is 0 Å². The van der Waals surface area contributed by atoms with E-state index in [4.69, 9.17) is 9.47 Å². The standard InChI is InChI=1S/C24H28N2O6/c1-24(2,3)32-23(30)25-19-13-9-17(10-14-19)6-5-16-7-11-18(12-8-16)21(28)26-20(15-27)22(29)31-4/h7-14,20,22,27,29H,15H2,1-4H3,(H,25,30)(H,26,28)/t20-,22?/m1/s1. The van der Waals surface area contributed by atoms with Crippen molar-refractivity contribution in [2.75, 3.05) is 19.0 Å². The molecular weight excluding hydrogens is 412 g/mol. The highest BCUT2D eigenvalue weighted by Gasteiger charge is 2.20. The number of aliphatic hydroxyl groups is 2. The van der Waals surface area contributed by atoms with Gasteiger partial charge in [-0.1, -0.05) is 11.8 Å². The van der Waals surface area contributed by atoms with Crippen molar-refractivity contribution >= 4 is 17.7 Å². The zero-order valence-electron chi connectivity index (χ0n) is 18.5. The Bertz CT molecular complexity index is 969. The molecule has 2 amide bonds. The molecule has 0 aliphatic carbocycles. The Kier molecular flexibility index (Phi) is 8.79. The largest absolute Gasteiger partial charge is 0.444 e. The summed E-state index contributed by atoms with van der Waals surface area (Å²) in [6.45, 7) is 4.92. The fraction of sp³-hybridized carbons (Fsp3) is 0.333. The summed E-state index contributed by atoms with van der Waals surface area (Å²) in [6, 6.07) is 12.7. The third kappa shape index (κ3) is 8.04. The quantitative estimate of drug-likeness (QED) is 0.405. The van der Waals surface area contributed by atoms with Crippen molar-refractivity contribution in [1.29, 1.82) is 0 Å². The number of methoxy groups -OCH3 is 1. The topological polar surface area (TPSA) is 117 Å². The number of nitrogens with one attached hydrogen (secondary N) is 2. The third-order valence-electron chi connectivity index (χ3n) is 4.13. The van der Waals surface area contributed by atoms with Gasteiger partial charge in [-0.15, -0.1) is 0 Å². The number of ether oxygens (including phenoxy) is 2. The van der Waals surface area contributed by atoms with Crippen LogP contribution in [0, 0.1) is 11.8 Å². The first-order valence-corrected chi connectivity index (χ1v) is 9.96. The lowest BCUT2D eigenvalue weighted by Gasteiger charge is -2.20. The summed E-state index contributed by atoms with van der Waals surface area (Å²) in [5.41, 5.74) is 1.83. The van der Waals surface area contributed by atoms with Crippen LogP contribution in [0.3, 0.4) is 0 Å². The molecule has 0 spiro atoms. The first kappa shape index (κ1) is 24.9. The molecule has 0 radical (unpaired) electrons. The van der Waals surface area contributed by atoms with Crippen molar-refractivity contribution in [3.63, 3.8) is 0 Å². The summed E-state index contributed by atoms with van der Waals surface area (Å²) in [5.74, 6) is 5.57. The van der Waals surface area contributed by atoms with Gasteiger partial charge in [0.05, 0.1) is 6.61 Å². The SMILES string of the molecule is COC(O)[C@@H](CO)NC(=O)c1ccc(C#Cc2ccc(NC(=O)OC(C)(C)C)cc2)cc1. The van der Waals surface area contributed by atoms with Gasteiger partial charge >= 0.3 is 6.09 Å². The molecule has 170 valence electrons. The van der Waals surface area contributed by atoms with Gasteiger partial charge in [0.25, 0.3) is 5.91 Å². The van der Waals surface area contributed by atoms with Crippen molar-refractivity contribution in [2.24, 2.45) is 0 Å². The molecule has 32 heavy (non-hydrogen) atoms. The summed E-state index contributed by atoms with van der Waals surface area (Å²) in [7, 11) is 1.28. The molecule has 0 aromatic heterocycles. The van der Waals surface area contributed by atoms with E-state index in [0.29, 0.717) is 16.8 Å². The Morgan fingerprint density at radius 2 is 1.53 bits per heavy atom. The molecular formula is C24H28N2O6. The summed E-state index contributed by atoms with van der Waals surface area (Å²) in [6.07, 6.45) is -1.83. The van der Waals surface area contributed by atoms with E-state index in [2.05, 4.69) is 22.5 Å². The van der Waals surface area contributed by atoms with Crippen molar-refractivity contribution in [3.05, 3.63) is 65.2 Å². The number of rotatable bonds is 6. The van der Waals surface area contributed by atoms with Gasteiger partial charge in [-0.2, -0.15) is 0 Å². The van der Waals surface area contributed by atoms with Crippen LogP contribution in [0.1, 0.15) is 42.3 Å². The minimum atomic E-state index is -1.31. The van der Waals surface area contributed by atoms with Crippen LogP contribution in [0.4, 0.5) is 10.5 Å².